The highest BCUT2D eigenvalue weighted by molar-refractivity contribution is 5.89. The molecule has 0 aliphatic heterocycles. The van der Waals surface area contributed by atoms with Gasteiger partial charge in [0, 0.05) is 12.2 Å². The molecule has 0 spiro atoms. The number of fused-ring (bicyclic) bond motifs is 1. The summed E-state index contributed by atoms with van der Waals surface area (Å²) in [5.41, 5.74) is 0.0604. The quantitative estimate of drug-likeness (QED) is 0.728. The van der Waals surface area contributed by atoms with Crippen molar-refractivity contribution in [3.05, 3.63) is 34.9 Å². The molecule has 0 amide bonds. The molecule has 4 atom stereocenters. The minimum absolute atomic E-state index is 0.0767. The SMILES string of the molecule is CCOC1CCC2CC(c3c(F)cc(C(=O)OC)cc3F)CCC2C1. The van der Waals surface area contributed by atoms with Crippen LogP contribution in [-0.2, 0) is 9.47 Å². The van der Waals surface area contributed by atoms with Gasteiger partial charge in [-0.05, 0) is 75.3 Å². The van der Waals surface area contributed by atoms with Crippen molar-refractivity contribution < 1.29 is 23.0 Å². The molecule has 1 aromatic rings. The van der Waals surface area contributed by atoms with Crippen molar-refractivity contribution in [1.82, 2.24) is 0 Å². The normalized spacial score (nSPS) is 29.1. The molecular weight excluding hydrogens is 326 g/mol. The molecule has 5 heteroatoms. The Balaban J connectivity index is 1.73. The zero-order valence-electron chi connectivity index (χ0n) is 14.9. The van der Waals surface area contributed by atoms with Crippen molar-refractivity contribution in [3.8, 4) is 0 Å². The topological polar surface area (TPSA) is 35.5 Å². The number of rotatable bonds is 4. The lowest BCUT2D eigenvalue weighted by Crippen LogP contribution is -2.34. The van der Waals surface area contributed by atoms with E-state index < -0.39 is 17.6 Å². The molecule has 4 unspecified atom stereocenters. The van der Waals surface area contributed by atoms with Crippen molar-refractivity contribution in [1.29, 1.82) is 0 Å². The summed E-state index contributed by atoms with van der Waals surface area (Å²) in [7, 11) is 1.20. The molecule has 0 N–H and O–H groups in total. The second-order valence-electron chi connectivity index (χ2n) is 7.27. The number of carbonyl (C=O) groups is 1. The third-order valence-electron chi connectivity index (χ3n) is 5.88. The van der Waals surface area contributed by atoms with E-state index in [1.165, 1.54) is 7.11 Å². The molecule has 2 saturated carbocycles. The summed E-state index contributed by atoms with van der Waals surface area (Å²) in [6, 6.07) is 2.20. The summed E-state index contributed by atoms with van der Waals surface area (Å²) >= 11 is 0. The van der Waals surface area contributed by atoms with Gasteiger partial charge < -0.3 is 9.47 Å². The molecule has 138 valence electrons. The van der Waals surface area contributed by atoms with E-state index in [1.807, 2.05) is 6.92 Å². The maximum atomic E-state index is 14.5. The average Bonchev–Trinajstić information content (AvgIpc) is 2.60. The molecule has 2 aliphatic rings. The van der Waals surface area contributed by atoms with Crippen LogP contribution in [0.5, 0.6) is 0 Å². The molecule has 3 rings (SSSR count). The third kappa shape index (κ3) is 3.86. The van der Waals surface area contributed by atoms with Gasteiger partial charge >= 0.3 is 5.97 Å². The highest BCUT2D eigenvalue weighted by atomic mass is 19.1. The zero-order valence-corrected chi connectivity index (χ0v) is 14.9. The summed E-state index contributed by atoms with van der Waals surface area (Å²) in [6.07, 6.45) is 6.09. The summed E-state index contributed by atoms with van der Waals surface area (Å²) in [5, 5.41) is 0. The molecule has 25 heavy (non-hydrogen) atoms. The van der Waals surface area contributed by atoms with Crippen LogP contribution in [0, 0.1) is 23.5 Å². The Morgan fingerprint density at radius 3 is 2.36 bits per heavy atom. The molecule has 0 heterocycles. The fourth-order valence-electron chi connectivity index (χ4n) is 4.71. The number of carbonyl (C=O) groups excluding carboxylic acids is 1. The molecule has 0 saturated heterocycles. The third-order valence-corrected chi connectivity index (χ3v) is 5.88. The van der Waals surface area contributed by atoms with Gasteiger partial charge in [-0.25, -0.2) is 13.6 Å². The standard InChI is InChI=1S/C20H26F2O3/c1-3-25-16-7-6-12-8-14(5-4-13(12)9-16)19-17(21)10-15(11-18(19)22)20(23)24-2/h10-14,16H,3-9H2,1-2H3. The number of hydrogen-bond donors (Lipinski definition) is 0. The minimum atomic E-state index is -0.720. The lowest BCUT2D eigenvalue weighted by Gasteiger charge is -2.42. The minimum Gasteiger partial charge on any atom is -0.465 e. The highest BCUT2D eigenvalue weighted by Crippen LogP contribution is 2.47. The van der Waals surface area contributed by atoms with E-state index in [0.717, 1.165) is 57.3 Å². The lowest BCUT2D eigenvalue weighted by molar-refractivity contribution is -0.00983. The Morgan fingerprint density at radius 2 is 1.72 bits per heavy atom. The predicted molar refractivity (Wildman–Crippen MR) is 90.5 cm³/mol. The Hall–Kier alpha value is -1.49. The first-order valence-electron chi connectivity index (χ1n) is 9.22. The zero-order chi connectivity index (χ0) is 18.0. The monoisotopic (exact) mass is 352 g/mol. The summed E-state index contributed by atoms with van der Waals surface area (Å²) < 4.78 is 39.3. The van der Waals surface area contributed by atoms with Crippen molar-refractivity contribution in [2.45, 2.75) is 57.5 Å². The molecule has 0 radical (unpaired) electrons. The van der Waals surface area contributed by atoms with Gasteiger partial charge in [0.1, 0.15) is 11.6 Å². The van der Waals surface area contributed by atoms with Crippen molar-refractivity contribution in [3.63, 3.8) is 0 Å². The van der Waals surface area contributed by atoms with E-state index in [-0.39, 0.29) is 17.0 Å². The van der Waals surface area contributed by atoms with Gasteiger partial charge in [0.15, 0.2) is 0 Å². The van der Waals surface area contributed by atoms with Gasteiger partial charge in [0.05, 0.1) is 18.8 Å². The fraction of sp³-hybridized carbons (Fsp3) is 0.650. The van der Waals surface area contributed by atoms with E-state index >= 15 is 0 Å². The second kappa shape index (κ2) is 7.81. The number of hydrogen-bond acceptors (Lipinski definition) is 3. The number of benzene rings is 1. The van der Waals surface area contributed by atoms with Crippen LogP contribution < -0.4 is 0 Å². The average molecular weight is 352 g/mol. The predicted octanol–water partition coefficient (Wildman–Crippen LogP) is 4.84. The van der Waals surface area contributed by atoms with Crippen molar-refractivity contribution >= 4 is 5.97 Å². The van der Waals surface area contributed by atoms with Gasteiger partial charge in [-0.1, -0.05) is 0 Å². The summed E-state index contributed by atoms with van der Waals surface area (Å²) in [6.45, 7) is 2.76. The van der Waals surface area contributed by atoms with E-state index in [0.29, 0.717) is 17.9 Å². The second-order valence-corrected chi connectivity index (χ2v) is 7.27. The van der Waals surface area contributed by atoms with Crippen LogP contribution in [0.25, 0.3) is 0 Å². The first-order valence-corrected chi connectivity index (χ1v) is 9.22. The lowest BCUT2D eigenvalue weighted by atomic mass is 9.65. The van der Waals surface area contributed by atoms with E-state index in [1.54, 1.807) is 0 Å². The number of methoxy groups -OCH3 is 1. The number of ether oxygens (including phenoxy) is 2. The largest absolute Gasteiger partial charge is 0.465 e. The van der Waals surface area contributed by atoms with Crippen LogP contribution in [-0.4, -0.2) is 25.8 Å². The fourth-order valence-corrected chi connectivity index (χ4v) is 4.71. The molecular formula is C20H26F2O3. The van der Waals surface area contributed by atoms with Gasteiger partial charge in [0.2, 0.25) is 0 Å². The van der Waals surface area contributed by atoms with E-state index in [9.17, 15) is 13.6 Å². The van der Waals surface area contributed by atoms with E-state index in [2.05, 4.69) is 4.74 Å². The molecule has 3 nitrogen and oxygen atoms in total. The van der Waals surface area contributed by atoms with Crippen LogP contribution in [0.15, 0.2) is 12.1 Å². The Bertz CT molecular complexity index is 608. The number of halogens is 2. The molecule has 1 aromatic carbocycles. The van der Waals surface area contributed by atoms with Crippen LogP contribution >= 0.6 is 0 Å². The molecule has 0 aromatic heterocycles. The summed E-state index contributed by atoms with van der Waals surface area (Å²) in [5.74, 6) is -0.992. The van der Waals surface area contributed by atoms with Crippen LogP contribution in [0.1, 0.15) is 67.3 Å². The smallest absolute Gasteiger partial charge is 0.338 e. The van der Waals surface area contributed by atoms with Crippen LogP contribution in [0.2, 0.25) is 0 Å². The first-order chi connectivity index (χ1) is 12.0. The van der Waals surface area contributed by atoms with Gasteiger partial charge in [0.25, 0.3) is 0 Å². The van der Waals surface area contributed by atoms with Crippen molar-refractivity contribution in [2.24, 2.45) is 11.8 Å². The molecule has 0 bridgehead atoms. The highest BCUT2D eigenvalue weighted by Gasteiger charge is 2.37. The Morgan fingerprint density at radius 1 is 1.08 bits per heavy atom. The summed E-state index contributed by atoms with van der Waals surface area (Å²) in [4.78, 5) is 11.5. The Labute approximate surface area is 147 Å². The maximum absolute atomic E-state index is 14.5. The van der Waals surface area contributed by atoms with Gasteiger partial charge in [-0.2, -0.15) is 0 Å². The van der Waals surface area contributed by atoms with Gasteiger partial charge in [-0.15, -0.1) is 0 Å². The van der Waals surface area contributed by atoms with Crippen LogP contribution in [0.4, 0.5) is 8.78 Å². The first kappa shape index (κ1) is 18.3. The van der Waals surface area contributed by atoms with Gasteiger partial charge in [-0.3, -0.25) is 0 Å². The Kier molecular flexibility index (Phi) is 5.72. The van der Waals surface area contributed by atoms with E-state index in [4.69, 9.17) is 4.74 Å². The molecule has 2 fully saturated rings. The molecule has 2 aliphatic carbocycles. The van der Waals surface area contributed by atoms with Crippen LogP contribution in [0.3, 0.4) is 0 Å². The van der Waals surface area contributed by atoms with Crippen molar-refractivity contribution in [2.75, 3.05) is 13.7 Å². The number of esters is 1. The maximum Gasteiger partial charge on any atom is 0.338 e.